The number of halogens is 3. The van der Waals surface area contributed by atoms with Crippen LogP contribution in [0.25, 0.3) is 0 Å². The molecule has 0 aliphatic rings. The maximum Gasteiger partial charge on any atom is 0.409 e. The Bertz CT molecular complexity index is 714. The van der Waals surface area contributed by atoms with E-state index < -0.39 is 30.8 Å². The van der Waals surface area contributed by atoms with Gasteiger partial charge in [0, 0.05) is 33.1 Å². The number of unbranched alkanes of at least 4 members (excludes halogenated alkanes) is 2. The Hall–Kier alpha value is -2.53. The molecule has 1 N–H and O–H groups in total. The lowest BCUT2D eigenvalue weighted by atomic mass is 10.1. The average Bonchev–Trinajstić information content (AvgIpc) is 2.77. The molecule has 0 heterocycles. The van der Waals surface area contributed by atoms with Crippen LogP contribution >= 0.6 is 0 Å². The first-order valence-electron chi connectivity index (χ1n) is 11.2. The van der Waals surface area contributed by atoms with Gasteiger partial charge in [-0.15, -0.1) is 0 Å². The number of methoxy groups -OCH3 is 1. The van der Waals surface area contributed by atoms with Gasteiger partial charge in [-0.25, -0.2) is 9.59 Å². The summed E-state index contributed by atoms with van der Waals surface area (Å²) in [6, 6.07) is 6.86. The summed E-state index contributed by atoms with van der Waals surface area (Å²) >= 11 is 0. The number of carbonyl (C=O) groups excluding carboxylic acids is 1. The molecule has 1 rings (SSSR count). The van der Waals surface area contributed by atoms with Crippen molar-refractivity contribution in [3.05, 3.63) is 29.8 Å². The van der Waals surface area contributed by atoms with E-state index in [9.17, 15) is 27.9 Å². The Labute approximate surface area is 197 Å². The molecule has 0 spiro atoms. The number of alkyl halides is 3. The van der Waals surface area contributed by atoms with Gasteiger partial charge in [-0.3, -0.25) is 0 Å². The van der Waals surface area contributed by atoms with Gasteiger partial charge in [-0.05, 0) is 37.5 Å². The van der Waals surface area contributed by atoms with E-state index in [1.807, 2.05) is 0 Å². The molecule has 0 aliphatic heterocycles. The average molecular weight is 494 g/mol. The third kappa shape index (κ3) is 13.2. The van der Waals surface area contributed by atoms with Gasteiger partial charge in [-0.2, -0.15) is 13.2 Å². The van der Waals surface area contributed by atoms with Crippen molar-refractivity contribution in [2.45, 2.75) is 51.3 Å². The SMILES string of the molecule is CCOC(Cc1ccc(OCCN(CCCCCC(F)(F)F)C(=O)OCCOC)cc1)C(=O)O. The number of hydrogen-bond acceptors (Lipinski definition) is 6. The fourth-order valence-electron chi connectivity index (χ4n) is 3.03. The maximum atomic E-state index is 12.3. The summed E-state index contributed by atoms with van der Waals surface area (Å²) in [5.41, 5.74) is 0.774. The molecular formula is C23H34F3NO7. The predicted octanol–water partition coefficient (Wildman–Crippen LogP) is 4.31. The highest BCUT2D eigenvalue weighted by atomic mass is 19.4. The number of benzene rings is 1. The number of aliphatic carboxylic acids is 1. The van der Waals surface area contributed by atoms with Crippen molar-refractivity contribution >= 4 is 12.1 Å². The van der Waals surface area contributed by atoms with Crippen molar-refractivity contribution < 1.29 is 46.8 Å². The first-order chi connectivity index (χ1) is 16.2. The van der Waals surface area contributed by atoms with E-state index in [4.69, 9.17) is 18.9 Å². The molecule has 1 aromatic carbocycles. The molecule has 0 bridgehead atoms. The molecule has 1 atom stereocenters. The summed E-state index contributed by atoms with van der Waals surface area (Å²) in [6.45, 7) is 2.93. The quantitative estimate of drug-likeness (QED) is 0.323. The van der Waals surface area contributed by atoms with Crippen LogP contribution in [-0.2, 0) is 25.4 Å². The standard InChI is InChI=1S/C23H34F3NO7/c1-3-32-20(21(28)29)17-18-7-9-19(10-8-18)33-14-13-27(22(30)34-16-15-31-2)12-6-4-5-11-23(24,25)26/h7-10,20H,3-6,11-17H2,1-2H3,(H,28,29). The summed E-state index contributed by atoms with van der Waals surface area (Å²) < 4.78 is 57.7. The number of hydrogen-bond donors (Lipinski definition) is 1. The molecule has 0 radical (unpaired) electrons. The molecule has 1 aromatic rings. The minimum atomic E-state index is -4.18. The molecule has 11 heteroatoms. The molecule has 0 aromatic heterocycles. The number of ether oxygens (including phenoxy) is 4. The summed E-state index contributed by atoms with van der Waals surface area (Å²) in [7, 11) is 1.48. The fraction of sp³-hybridized carbons (Fsp3) is 0.652. The fourth-order valence-corrected chi connectivity index (χ4v) is 3.03. The van der Waals surface area contributed by atoms with Crippen molar-refractivity contribution in [3.8, 4) is 5.75 Å². The second-order valence-corrected chi connectivity index (χ2v) is 7.50. The number of carboxylic acids is 1. The lowest BCUT2D eigenvalue weighted by molar-refractivity contribution is -0.150. The largest absolute Gasteiger partial charge is 0.492 e. The van der Waals surface area contributed by atoms with Crippen LogP contribution in [0.5, 0.6) is 5.75 Å². The highest BCUT2D eigenvalue weighted by Gasteiger charge is 2.26. The highest BCUT2D eigenvalue weighted by molar-refractivity contribution is 5.72. The van der Waals surface area contributed by atoms with Crippen LogP contribution in [0.3, 0.4) is 0 Å². The van der Waals surface area contributed by atoms with E-state index >= 15 is 0 Å². The van der Waals surface area contributed by atoms with Crippen molar-refractivity contribution in [2.24, 2.45) is 0 Å². The number of nitrogens with zero attached hydrogens (tertiary/aromatic N) is 1. The Morgan fingerprint density at radius 3 is 2.32 bits per heavy atom. The zero-order valence-electron chi connectivity index (χ0n) is 19.6. The topological polar surface area (TPSA) is 94.5 Å². The molecule has 0 fully saturated rings. The van der Waals surface area contributed by atoms with Gasteiger partial charge < -0.3 is 29.0 Å². The molecule has 8 nitrogen and oxygen atoms in total. The summed E-state index contributed by atoms with van der Waals surface area (Å²) in [6.07, 6.45) is -5.56. The van der Waals surface area contributed by atoms with Gasteiger partial charge >= 0.3 is 18.2 Å². The Balaban J connectivity index is 2.53. The number of rotatable bonds is 17. The van der Waals surface area contributed by atoms with Gasteiger partial charge in [-0.1, -0.05) is 18.6 Å². The molecule has 0 aliphatic carbocycles. The molecule has 0 saturated carbocycles. The van der Waals surface area contributed by atoms with E-state index in [1.54, 1.807) is 31.2 Å². The van der Waals surface area contributed by atoms with Crippen molar-refractivity contribution in [3.63, 3.8) is 0 Å². The third-order valence-electron chi connectivity index (χ3n) is 4.78. The minimum Gasteiger partial charge on any atom is -0.492 e. The van der Waals surface area contributed by atoms with Crippen LogP contribution < -0.4 is 4.74 Å². The number of carbonyl (C=O) groups is 2. The summed E-state index contributed by atoms with van der Waals surface area (Å²) in [5.74, 6) is -0.497. The van der Waals surface area contributed by atoms with Crippen molar-refractivity contribution in [2.75, 3.05) is 46.6 Å². The van der Waals surface area contributed by atoms with E-state index in [0.717, 1.165) is 5.56 Å². The van der Waals surface area contributed by atoms with Crippen molar-refractivity contribution in [1.82, 2.24) is 4.90 Å². The van der Waals surface area contributed by atoms with E-state index in [1.165, 1.54) is 12.0 Å². The zero-order valence-corrected chi connectivity index (χ0v) is 19.6. The minimum absolute atomic E-state index is 0.00490. The van der Waals surface area contributed by atoms with Crippen LogP contribution in [0, 0.1) is 0 Å². The molecule has 194 valence electrons. The Morgan fingerprint density at radius 2 is 1.74 bits per heavy atom. The molecule has 34 heavy (non-hydrogen) atoms. The zero-order chi connectivity index (χ0) is 25.4. The van der Waals surface area contributed by atoms with Crippen LogP contribution in [0.4, 0.5) is 18.0 Å². The van der Waals surface area contributed by atoms with Crippen LogP contribution in [0.15, 0.2) is 24.3 Å². The van der Waals surface area contributed by atoms with Gasteiger partial charge in [0.15, 0.2) is 6.10 Å². The Kier molecular flexibility index (Phi) is 14.0. The summed E-state index contributed by atoms with van der Waals surface area (Å²) in [4.78, 5) is 24.9. The molecular weight excluding hydrogens is 459 g/mol. The maximum absolute atomic E-state index is 12.3. The molecule has 1 unspecified atom stereocenters. The lowest BCUT2D eigenvalue weighted by Crippen LogP contribution is -2.36. The van der Waals surface area contributed by atoms with Gasteiger partial charge in [0.25, 0.3) is 0 Å². The van der Waals surface area contributed by atoms with Gasteiger partial charge in [0.05, 0.1) is 13.2 Å². The third-order valence-corrected chi connectivity index (χ3v) is 4.78. The van der Waals surface area contributed by atoms with Crippen LogP contribution in [-0.4, -0.2) is 81.0 Å². The van der Waals surface area contributed by atoms with E-state index in [-0.39, 0.29) is 45.8 Å². The first-order valence-corrected chi connectivity index (χ1v) is 11.2. The van der Waals surface area contributed by atoms with E-state index in [0.29, 0.717) is 25.2 Å². The van der Waals surface area contributed by atoms with Crippen LogP contribution in [0.1, 0.15) is 38.2 Å². The van der Waals surface area contributed by atoms with Gasteiger partial charge in [0.1, 0.15) is 19.0 Å². The number of amides is 1. The van der Waals surface area contributed by atoms with Crippen molar-refractivity contribution in [1.29, 1.82) is 0 Å². The smallest absolute Gasteiger partial charge is 0.409 e. The second kappa shape index (κ2) is 16.2. The van der Waals surface area contributed by atoms with E-state index in [2.05, 4.69) is 0 Å². The normalized spacial score (nSPS) is 12.3. The highest BCUT2D eigenvalue weighted by Crippen LogP contribution is 2.22. The van der Waals surface area contributed by atoms with Gasteiger partial charge in [0.2, 0.25) is 0 Å². The lowest BCUT2D eigenvalue weighted by Gasteiger charge is -2.22. The Morgan fingerprint density at radius 1 is 1.03 bits per heavy atom. The monoisotopic (exact) mass is 493 g/mol. The second-order valence-electron chi connectivity index (χ2n) is 7.50. The molecule has 1 amide bonds. The first kappa shape index (κ1) is 29.5. The molecule has 0 saturated heterocycles. The van der Waals surface area contributed by atoms with Crippen LogP contribution in [0.2, 0.25) is 0 Å². The predicted molar refractivity (Wildman–Crippen MR) is 118 cm³/mol. The number of carboxylic acid groups (broad SMARTS) is 1. The summed E-state index contributed by atoms with van der Waals surface area (Å²) in [5, 5.41) is 9.18.